The fourth-order valence-corrected chi connectivity index (χ4v) is 4.94. The predicted octanol–water partition coefficient (Wildman–Crippen LogP) is 6.47. The van der Waals surface area contributed by atoms with Crippen molar-refractivity contribution in [2.75, 3.05) is 13.7 Å². The first-order valence-corrected chi connectivity index (χ1v) is 12.5. The van der Waals surface area contributed by atoms with Gasteiger partial charge in [0.15, 0.2) is 11.5 Å². The number of thioether (sulfide) groups is 1. The highest BCUT2D eigenvalue weighted by Gasteiger charge is 2.34. The molecule has 0 atom stereocenters. The highest BCUT2D eigenvalue weighted by molar-refractivity contribution is 8.18. The zero-order valence-corrected chi connectivity index (χ0v) is 21.1. The number of ether oxygens (including phenoxy) is 2. The van der Waals surface area contributed by atoms with Crippen LogP contribution in [0.3, 0.4) is 0 Å². The number of methoxy groups -OCH3 is 1. The molecule has 1 fully saturated rings. The summed E-state index contributed by atoms with van der Waals surface area (Å²) in [7, 11) is 1.49. The molecule has 1 saturated heterocycles. The highest BCUT2D eigenvalue weighted by Crippen LogP contribution is 2.39. The van der Waals surface area contributed by atoms with Crippen molar-refractivity contribution in [3.63, 3.8) is 0 Å². The van der Waals surface area contributed by atoms with Gasteiger partial charge in [0.25, 0.3) is 11.1 Å². The average Bonchev–Trinajstić information content (AvgIpc) is 3.15. The third-order valence-electron chi connectivity index (χ3n) is 5.62. The number of hydrogen-bond donors (Lipinski definition) is 0. The van der Waals surface area contributed by atoms with E-state index in [0.29, 0.717) is 40.5 Å². The van der Waals surface area contributed by atoms with Gasteiger partial charge in [0.05, 0.1) is 28.7 Å². The molecule has 8 heteroatoms. The monoisotopic (exact) mass is 518 g/mol. The van der Waals surface area contributed by atoms with Gasteiger partial charge in [-0.2, -0.15) is 5.26 Å². The van der Waals surface area contributed by atoms with Gasteiger partial charge in [0.1, 0.15) is 6.61 Å². The second-order valence-electron chi connectivity index (χ2n) is 8.01. The van der Waals surface area contributed by atoms with Gasteiger partial charge in [-0.25, -0.2) is 0 Å². The molecule has 0 aromatic heterocycles. The second-order valence-corrected chi connectivity index (χ2v) is 9.41. The van der Waals surface area contributed by atoms with E-state index in [1.807, 2.05) is 42.5 Å². The summed E-state index contributed by atoms with van der Waals surface area (Å²) in [6.45, 7) is 0.499. The Bertz CT molecular complexity index is 1350. The van der Waals surface area contributed by atoms with Crippen molar-refractivity contribution in [1.29, 1.82) is 5.26 Å². The second kappa shape index (κ2) is 11.8. The van der Waals surface area contributed by atoms with Crippen LogP contribution in [-0.2, 0) is 17.8 Å². The fraction of sp³-hybridized carbons (Fsp3) is 0.179. The molecule has 0 N–H and O–H groups in total. The maximum atomic E-state index is 12.9. The molecule has 182 valence electrons. The van der Waals surface area contributed by atoms with Gasteiger partial charge >= 0.3 is 0 Å². The molecule has 36 heavy (non-hydrogen) atoms. The lowest BCUT2D eigenvalue weighted by atomic mass is 10.1. The van der Waals surface area contributed by atoms with E-state index in [2.05, 4.69) is 6.07 Å². The molecule has 0 aliphatic carbocycles. The summed E-state index contributed by atoms with van der Waals surface area (Å²) >= 11 is 7.40. The number of imide groups is 1. The number of nitriles is 1. The number of amides is 2. The smallest absolute Gasteiger partial charge is 0.293 e. The Morgan fingerprint density at radius 1 is 1.08 bits per heavy atom. The zero-order chi connectivity index (χ0) is 25.5. The van der Waals surface area contributed by atoms with Crippen molar-refractivity contribution >= 4 is 40.6 Å². The molecule has 4 rings (SSSR count). The first-order valence-electron chi connectivity index (χ1n) is 11.3. The summed E-state index contributed by atoms with van der Waals surface area (Å²) < 4.78 is 11.4. The van der Waals surface area contributed by atoms with Crippen molar-refractivity contribution in [2.45, 2.75) is 19.4 Å². The molecule has 1 aliphatic rings. The van der Waals surface area contributed by atoms with Gasteiger partial charge in [-0.1, -0.05) is 60.1 Å². The number of rotatable bonds is 9. The minimum atomic E-state index is -0.318. The number of hydrogen-bond acceptors (Lipinski definition) is 6. The van der Waals surface area contributed by atoms with Crippen LogP contribution in [0.15, 0.2) is 71.6 Å². The molecule has 0 saturated carbocycles. The normalized spacial score (nSPS) is 14.2. The lowest BCUT2D eigenvalue weighted by molar-refractivity contribution is -0.122. The summed E-state index contributed by atoms with van der Waals surface area (Å²) in [6, 6.07) is 22.6. The first-order chi connectivity index (χ1) is 17.5. The van der Waals surface area contributed by atoms with Gasteiger partial charge in [-0.15, -0.1) is 0 Å². The maximum absolute atomic E-state index is 12.9. The van der Waals surface area contributed by atoms with Crippen LogP contribution in [0.25, 0.3) is 6.08 Å². The molecule has 3 aromatic rings. The van der Waals surface area contributed by atoms with E-state index in [1.165, 1.54) is 17.6 Å². The average molecular weight is 519 g/mol. The van der Waals surface area contributed by atoms with Crippen LogP contribution in [0.2, 0.25) is 5.02 Å². The van der Waals surface area contributed by atoms with Crippen LogP contribution in [0.5, 0.6) is 11.5 Å². The fourth-order valence-electron chi connectivity index (χ4n) is 3.80. The molecule has 2 amide bonds. The van der Waals surface area contributed by atoms with Crippen molar-refractivity contribution < 1.29 is 19.1 Å². The molecule has 0 bridgehead atoms. The number of benzene rings is 3. The minimum absolute atomic E-state index is 0.140. The Morgan fingerprint density at radius 2 is 1.83 bits per heavy atom. The lowest BCUT2D eigenvalue weighted by Gasteiger charge is -2.14. The molecular formula is C28H23ClN2O4S. The molecular weight excluding hydrogens is 496 g/mol. The number of carbonyl (C=O) groups is 2. The lowest BCUT2D eigenvalue weighted by Crippen LogP contribution is -2.29. The molecule has 0 radical (unpaired) electrons. The third-order valence-corrected chi connectivity index (χ3v) is 6.81. The van der Waals surface area contributed by atoms with Gasteiger partial charge in [0, 0.05) is 12.1 Å². The largest absolute Gasteiger partial charge is 0.493 e. The van der Waals surface area contributed by atoms with E-state index < -0.39 is 0 Å². The van der Waals surface area contributed by atoms with E-state index in [9.17, 15) is 14.9 Å². The molecule has 0 spiro atoms. The van der Waals surface area contributed by atoms with E-state index in [-0.39, 0.29) is 22.8 Å². The standard InChI is InChI=1S/C28H23ClN2O4S/c1-34-24-15-20(14-23(29)26(24)35-18-22-12-6-5-11-21(22)17-30)16-25-27(32)31(28(33)36-25)13-7-10-19-8-3-2-4-9-19/h2-6,8-9,11-12,14-16H,7,10,13,18H2,1H3/b25-16+. The SMILES string of the molecule is COc1cc(/C=C2/SC(=O)N(CCCc3ccccc3)C2=O)cc(Cl)c1OCc1ccccc1C#N. The first kappa shape index (κ1) is 25.4. The van der Waals surface area contributed by atoms with Crippen LogP contribution in [-0.4, -0.2) is 29.7 Å². The number of carbonyl (C=O) groups excluding carboxylic acids is 2. The van der Waals surface area contributed by atoms with Gasteiger partial charge in [0.2, 0.25) is 0 Å². The Labute approximate surface area is 219 Å². The minimum Gasteiger partial charge on any atom is -0.493 e. The summed E-state index contributed by atoms with van der Waals surface area (Å²) in [4.78, 5) is 27.0. The molecule has 0 unspecified atom stereocenters. The molecule has 1 aliphatic heterocycles. The Balaban J connectivity index is 1.46. The van der Waals surface area contributed by atoms with Crippen LogP contribution < -0.4 is 9.47 Å². The highest BCUT2D eigenvalue weighted by atomic mass is 35.5. The Morgan fingerprint density at radius 3 is 2.58 bits per heavy atom. The van der Waals surface area contributed by atoms with Crippen LogP contribution in [0.4, 0.5) is 4.79 Å². The topological polar surface area (TPSA) is 79.6 Å². The van der Waals surface area contributed by atoms with E-state index >= 15 is 0 Å². The van der Waals surface area contributed by atoms with E-state index in [1.54, 1.807) is 30.3 Å². The molecule has 6 nitrogen and oxygen atoms in total. The van der Waals surface area contributed by atoms with Crippen molar-refractivity contribution in [3.05, 3.63) is 98.9 Å². The molecule has 1 heterocycles. The summed E-state index contributed by atoms with van der Waals surface area (Å²) in [6.07, 6.45) is 3.11. The van der Waals surface area contributed by atoms with Crippen LogP contribution in [0.1, 0.15) is 28.7 Å². The van der Waals surface area contributed by atoms with Crippen molar-refractivity contribution in [3.8, 4) is 17.6 Å². The van der Waals surface area contributed by atoms with Crippen molar-refractivity contribution in [1.82, 2.24) is 4.90 Å². The van der Waals surface area contributed by atoms with Gasteiger partial charge in [-0.3, -0.25) is 14.5 Å². The maximum Gasteiger partial charge on any atom is 0.293 e. The predicted molar refractivity (Wildman–Crippen MR) is 141 cm³/mol. The summed E-state index contributed by atoms with van der Waals surface area (Å²) in [5, 5.41) is 9.29. The zero-order valence-electron chi connectivity index (χ0n) is 19.6. The number of aryl methyl sites for hydroxylation is 1. The van der Waals surface area contributed by atoms with Crippen LogP contribution >= 0.6 is 23.4 Å². The summed E-state index contributed by atoms with van der Waals surface area (Å²) in [5.41, 5.74) is 3.02. The van der Waals surface area contributed by atoms with Crippen LogP contribution in [0, 0.1) is 11.3 Å². The van der Waals surface area contributed by atoms with E-state index in [0.717, 1.165) is 23.7 Å². The number of halogens is 1. The van der Waals surface area contributed by atoms with Gasteiger partial charge in [-0.05, 0) is 60.0 Å². The van der Waals surface area contributed by atoms with Crippen molar-refractivity contribution in [2.24, 2.45) is 0 Å². The summed E-state index contributed by atoms with van der Waals surface area (Å²) in [5.74, 6) is 0.393. The Kier molecular flexibility index (Phi) is 8.32. The molecule has 3 aromatic carbocycles. The Hall–Kier alpha value is -3.73. The quantitative estimate of drug-likeness (QED) is 0.302. The van der Waals surface area contributed by atoms with Gasteiger partial charge < -0.3 is 9.47 Å². The van der Waals surface area contributed by atoms with E-state index in [4.69, 9.17) is 21.1 Å². The number of nitrogens with zero attached hydrogens (tertiary/aromatic N) is 2. The third kappa shape index (κ3) is 5.91.